The van der Waals surface area contributed by atoms with E-state index in [9.17, 15) is 9.59 Å². The van der Waals surface area contributed by atoms with Crippen LogP contribution in [0.1, 0.15) is 87.4 Å². The third-order valence-corrected chi connectivity index (χ3v) is 7.63. The standard InChI is InChI=1S/C29H39N5O4/c1-18(2)29(5)15-25(35)34(27(30)33-29)23(11-12-37-6)19-13-20(17-31-16-19)26(36)32-22-14-28(3,4)38-24-10-8-7-9-21(22)24/h7-10,13,16-18,22-23H,11-12,14-15H2,1-6H3,(H2,30,33)(H,32,36)/t22-,23+,29-/m0/s1. The van der Waals surface area contributed by atoms with Gasteiger partial charge in [-0.25, -0.2) is 4.99 Å². The van der Waals surface area contributed by atoms with Gasteiger partial charge in [-0.15, -0.1) is 0 Å². The number of rotatable bonds is 8. The van der Waals surface area contributed by atoms with E-state index < -0.39 is 17.2 Å². The second-order valence-electron chi connectivity index (χ2n) is 11.4. The Morgan fingerprint density at radius 3 is 2.68 bits per heavy atom. The first-order valence-corrected chi connectivity index (χ1v) is 13.1. The van der Waals surface area contributed by atoms with Crippen molar-refractivity contribution in [3.8, 4) is 5.75 Å². The fourth-order valence-electron chi connectivity index (χ4n) is 5.15. The molecule has 1 aromatic heterocycles. The van der Waals surface area contributed by atoms with Gasteiger partial charge in [0.15, 0.2) is 5.96 Å². The van der Waals surface area contributed by atoms with Gasteiger partial charge in [0.25, 0.3) is 5.91 Å². The van der Waals surface area contributed by atoms with E-state index in [0.717, 1.165) is 11.3 Å². The molecule has 2 aliphatic heterocycles. The first-order valence-electron chi connectivity index (χ1n) is 13.1. The number of fused-ring (bicyclic) bond motifs is 1. The second kappa shape index (κ2) is 10.7. The Labute approximate surface area is 224 Å². The summed E-state index contributed by atoms with van der Waals surface area (Å²) in [7, 11) is 1.61. The topological polar surface area (TPSA) is 119 Å². The number of ether oxygens (including phenoxy) is 2. The van der Waals surface area contributed by atoms with Gasteiger partial charge >= 0.3 is 0 Å². The summed E-state index contributed by atoms with van der Waals surface area (Å²) in [5, 5.41) is 3.16. The molecule has 0 saturated heterocycles. The maximum Gasteiger partial charge on any atom is 0.253 e. The van der Waals surface area contributed by atoms with Gasteiger partial charge in [0.1, 0.15) is 11.4 Å². The molecule has 0 spiro atoms. The molecule has 0 fully saturated rings. The zero-order valence-corrected chi connectivity index (χ0v) is 23.2. The van der Waals surface area contributed by atoms with Crippen LogP contribution in [0.3, 0.4) is 0 Å². The number of carbonyl (C=O) groups excluding carboxylic acids is 2. The van der Waals surface area contributed by atoms with Crippen molar-refractivity contribution in [3.63, 3.8) is 0 Å². The van der Waals surface area contributed by atoms with Crippen molar-refractivity contribution in [2.24, 2.45) is 16.6 Å². The number of benzene rings is 1. The minimum atomic E-state index is -0.558. The summed E-state index contributed by atoms with van der Waals surface area (Å²) in [6, 6.07) is 8.85. The lowest BCUT2D eigenvalue weighted by Gasteiger charge is -2.41. The monoisotopic (exact) mass is 521 g/mol. The molecule has 3 heterocycles. The van der Waals surface area contributed by atoms with Gasteiger partial charge in [0.05, 0.1) is 29.6 Å². The number of hydrogen-bond acceptors (Lipinski definition) is 7. The Hall–Kier alpha value is -3.46. The van der Waals surface area contributed by atoms with Crippen molar-refractivity contribution in [1.29, 1.82) is 0 Å². The molecule has 2 aromatic rings. The van der Waals surface area contributed by atoms with E-state index in [1.54, 1.807) is 19.4 Å². The number of hydrogen-bond donors (Lipinski definition) is 2. The number of nitrogens with zero attached hydrogens (tertiary/aromatic N) is 3. The zero-order chi connectivity index (χ0) is 27.7. The lowest BCUT2D eigenvalue weighted by atomic mass is 9.84. The molecule has 0 unspecified atom stereocenters. The van der Waals surface area contributed by atoms with Crippen molar-refractivity contribution in [1.82, 2.24) is 15.2 Å². The third kappa shape index (κ3) is 5.67. The number of carbonyl (C=O) groups is 2. The number of nitrogens with two attached hydrogens (primary N) is 1. The van der Waals surface area contributed by atoms with Gasteiger partial charge in [-0.1, -0.05) is 32.0 Å². The highest BCUT2D eigenvalue weighted by Gasteiger charge is 2.41. The summed E-state index contributed by atoms with van der Waals surface area (Å²) < 4.78 is 11.4. The Kier molecular flexibility index (Phi) is 7.78. The first kappa shape index (κ1) is 27.6. The fraction of sp³-hybridized carbons (Fsp3) is 0.517. The largest absolute Gasteiger partial charge is 0.487 e. The van der Waals surface area contributed by atoms with Gasteiger partial charge in [0.2, 0.25) is 5.91 Å². The molecule has 38 heavy (non-hydrogen) atoms. The van der Waals surface area contributed by atoms with E-state index in [0.29, 0.717) is 30.6 Å². The van der Waals surface area contributed by atoms with Crippen LogP contribution >= 0.6 is 0 Å². The Balaban J connectivity index is 1.62. The Morgan fingerprint density at radius 1 is 1.26 bits per heavy atom. The number of aliphatic imine (C=N–C) groups is 1. The van der Waals surface area contributed by atoms with Crippen LogP contribution in [-0.2, 0) is 9.53 Å². The molecule has 9 heteroatoms. The quantitative estimate of drug-likeness (QED) is 0.539. The van der Waals surface area contributed by atoms with Gasteiger partial charge in [-0.2, -0.15) is 0 Å². The van der Waals surface area contributed by atoms with Crippen LogP contribution < -0.4 is 15.8 Å². The molecule has 0 radical (unpaired) electrons. The van der Waals surface area contributed by atoms with Gasteiger partial charge in [-0.3, -0.25) is 19.5 Å². The number of nitrogens with one attached hydrogen (secondary N) is 1. The molecular weight excluding hydrogens is 482 g/mol. The normalized spacial score (nSPS) is 23.3. The molecule has 204 valence electrons. The number of aromatic nitrogens is 1. The lowest BCUT2D eigenvalue weighted by Crippen LogP contribution is -2.53. The Morgan fingerprint density at radius 2 is 2.00 bits per heavy atom. The summed E-state index contributed by atoms with van der Waals surface area (Å²) in [5.74, 6) is 0.743. The average Bonchev–Trinajstić information content (AvgIpc) is 2.84. The van der Waals surface area contributed by atoms with Crippen molar-refractivity contribution in [3.05, 3.63) is 59.4 Å². The maximum absolute atomic E-state index is 13.4. The number of guanidine groups is 1. The number of pyridine rings is 1. The summed E-state index contributed by atoms with van der Waals surface area (Å²) in [6.07, 6.45) is 4.56. The van der Waals surface area contributed by atoms with Crippen LogP contribution in [-0.4, -0.2) is 52.5 Å². The molecular formula is C29H39N5O4. The predicted octanol–water partition coefficient (Wildman–Crippen LogP) is 4.15. The zero-order valence-electron chi connectivity index (χ0n) is 23.2. The molecule has 0 bridgehead atoms. The molecule has 3 N–H and O–H groups in total. The van der Waals surface area contributed by atoms with Crippen LogP contribution in [0.4, 0.5) is 0 Å². The van der Waals surface area contributed by atoms with E-state index in [-0.39, 0.29) is 36.2 Å². The smallest absolute Gasteiger partial charge is 0.253 e. The van der Waals surface area contributed by atoms with Gasteiger partial charge in [-0.05, 0) is 50.8 Å². The molecule has 2 amide bonds. The molecule has 0 saturated carbocycles. The van der Waals surface area contributed by atoms with Crippen LogP contribution in [0.2, 0.25) is 0 Å². The molecule has 4 rings (SSSR count). The summed E-state index contributed by atoms with van der Waals surface area (Å²) >= 11 is 0. The summed E-state index contributed by atoms with van der Waals surface area (Å²) in [5.41, 5.74) is 7.45. The van der Waals surface area contributed by atoms with E-state index in [2.05, 4.69) is 10.3 Å². The van der Waals surface area contributed by atoms with Crippen molar-refractivity contribution < 1.29 is 19.1 Å². The van der Waals surface area contributed by atoms with Crippen molar-refractivity contribution >= 4 is 17.8 Å². The second-order valence-corrected chi connectivity index (χ2v) is 11.4. The minimum absolute atomic E-state index is 0.106. The highest BCUT2D eigenvalue weighted by atomic mass is 16.5. The van der Waals surface area contributed by atoms with E-state index in [1.807, 2.05) is 58.9 Å². The van der Waals surface area contributed by atoms with Gasteiger partial charge in [0, 0.05) is 38.1 Å². The highest BCUT2D eigenvalue weighted by Crippen LogP contribution is 2.39. The average molecular weight is 522 g/mol. The number of methoxy groups -OCH3 is 1. The van der Waals surface area contributed by atoms with Crippen LogP contribution in [0, 0.1) is 5.92 Å². The first-order chi connectivity index (χ1) is 17.9. The van der Waals surface area contributed by atoms with Gasteiger partial charge < -0.3 is 20.5 Å². The predicted molar refractivity (Wildman–Crippen MR) is 146 cm³/mol. The molecule has 2 aliphatic rings. The Bertz CT molecular complexity index is 1230. The third-order valence-electron chi connectivity index (χ3n) is 7.63. The van der Waals surface area contributed by atoms with E-state index >= 15 is 0 Å². The maximum atomic E-state index is 13.4. The summed E-state index contributed by atoms with van der Waals surface area (Å²) in [4.78, 5) is 37.4. The summed E-state index contributed by atoms with van der Waals surface area (Å²) in [6.45, 7) is 10.4. The molecule has 3 atom stereocenters. The number of amides is 2. The van der Waals surface area contributed by atoms with E-state index in [1.165, 1.54) is 11.1 Å². The highest BCUT2D eigenvalue weighted by molar-refractivity contribution is 5.99. The molecule has 1 aromatic carbocycles. The molecule has 0 aliphatic carbocycles. The fourth-order valence-corrected chi connectivity index (χ4v) is 5.15. The van der Waals surface area contributed by atoms with Crippen LogP contribution in [0.5, 0.6) is 5.75 Å². The van der Waals surface area contributed by atoms with Crippen molar-refractivity contribution in [2.45, 2.75) is 77.1 Å². The number of para-hydroxylation sites is 1. The van der Waals surface area contributed by atoms with Crippen LogP contribution in [0.25, 0.3) is 0 Å². The minimum Gasteiger partial charge on any atom is -0.487 e. The lowest BCUT2D eigenvalue weighted by molar-refractivity contribution is -0.132. The van der Waals surface area contributed by atoms with Crippen molar-refractivity contribution in [2.75, 3.05) is 13.7 Å². The SMILES string of the molecule is COCC[C@H](c1cncc(C(=O)N[C@H]2CC(C)(C)Oc3ccccc32)c1)N1C(=O)C[C@@](C)(C(C)C)N=C1N. The van der Waals surface area contributed by atoms with E-state index in [4.69, 9.17) is 20.2 Å². The molecule has 9 nitrogen and oxygen atoms in total. The van der Waals surface area contributed by atoms with Crippen LogP contribution in [0.15, 0.2) is 47.7 Å².